The number of aromatic nitrogens is 2. The SMILES string of the molecule is CCc1nc(CSc2cc(Br)ccc2C(=O)O)no1. The highest BCUT2D eigenvalue weighted by molar-refractivity contribution is 9.10. The van der Waals surface area contributed by atoms with Gasteiger partial charge in [-0.2, -0.15) is 4.98 Å². The topological polar surface area (TPSA) is 76.2 Å². The number of benzene rings is 1. The maximum Gasteiger partial charge on any atom is 0.336 e. The van der Waals surface area contributed by atoms with Crippen molar-refractivity contribution in [3.05, 3.63) is 40.0 Å². The number of halogens is 1. The number of carboxylic acids is 1. The second-order valence-corrected chi connectivity index (χ2v) is 5.63. The van der Waals surface area contributed by atoms with Gasteiger partial charge in [-0.05, 0) is 18.2 Å². The molecule has 0 bridgehead atoms. The molecule has 100 valence electrons. The first kappa shape index (κ1) is 14.1. The van der Waals surface area contributed by atoms with Crippen molar-refractivity contribution in [2.24, 2.45) is 0 Å². The van der Waals surface area contributed by atoms with Gasteiger partial charge >= 0.3 is 5.97 Å². The van der Waals surface area contributed by atoms with E-state index in [4.69, 9.17) is 9.63 Å². The number of aryl methyl sites for hydroxylation is 1. The minimum atomic E-state index is -0.947. The highest BCUT2D eigenvalue weighted by atomic mass is 79.9. The lowest BCUT2D eigenvalue weighted by atomic mass is 10.2. The molecule has 0 aliphatic heterocycles. The molecular weight excluding hydrogens is 332 g/mol. The lowest BCUT2D eigenvalue weighted by Crippen LogP contribution is -1.99. The van der Waals surface area contributed by atoms with Crippen molar-refractivity contribution in [3.63, 3.8) is 0 Å². The molecule has 0 saturated carbocycles. The predicted molar refractivity (Wildman–Crippen MR) is 74.3 cm³/mol. The molecule has 1 heterocycles. The van der Waals surface area contributed by atoms with E-state index < -0.39 is 5.97 Å². The van der Waals surface area contributed by atoms with Gasteiger partial charge in [-0.3, -0.25) is 0 Å². The summed E-state index contributed by atoms with van der Waals surface area (Å²) in [6.07, 6.45) is 0.689. The maximum absolute atomic E-state index is 11.1. The lowest BCUT2D eigenvalue weighted by molar-refractivity contribution is 0.0693. The quantitative estimate of drug-likeness (QED) is 0.839. The Morgan fingerprint density at radius 3 is 2.95 bits per heavy atom. The maximum atomic E-state index is 11.1. The van der Waals surface area contributed by atoms with E-state index in [0.717, 1.165) is 4.47 Å². The van der Waals surface area contributed by atoms with Gasteiger partial charge in [0.1, 0.15) is 0 Å². The first-order chi connectivity index (χ1) is 9.10. The van der Waals surface area contributed by atoms with Crippen molar-refractivity contribution in [1.82, 2.24) is 10.1 Å². The highest BCUT2D eigenvalue weighted by Crippen LogP contribution is 2.28. The number of carboxylic acid groups (broad SMARTS) is 1. The van der Waals surface area contributed by atoms with Crippen LogP contribution in [0.3, 0.4) is 0 Å². The Hall–Kier alpha value is -1.34. The molecule has 0 atom stereocenters. The third-order valence-corrected chi connectivity index (χ3v) is 3.89. The van der Waals surface area contributed by atoms with Crippen molar-refractivity contribution in [3.8, 4) is 0 Å². The van der Waals surface area contributed by atoms with Gasteiger partial charge < -0.3 is 9.63 Å². The zero-order chi connectivity index (χ0) is 13.8. The Kier molecular flexibility index (Phi) is 4.60. The molecule has 0 radical (unpaired) electrons. The largest absolute Gasteiger partial charge is 0.478 e. The number of hydrogen-bond donors (Lipinski definition) is 1. The fourth-order valence-electron chi connectivity index (χ4n) is 1.43. The van der Waals surface area contributed by atoms with E-state index >= 15 is 0 Å². The van der Waals surface area contributed by atoms with Gasteiger partial charge in [0.05, 0.1) is 11.3 Å². The molecule has 19 heavy (non-hydrogen) atoms. The third kappa shape index (κ3) is 3.57. The van der Waals surface area contributed by atoms with Crippen molar-refractivity contribution < 1.29 is 14.4 Å². The standard InChI is InChI=1S/C12H11BrN2O3S/c1-2-11-14-10(15-18-11)6-19-9-5-7(13)3-4-8(9)12(16)17/h3-5H,2,6H2,1H3,(H,16,17). The molecule has 0 aliphatic rings. The van der Waals surface area contributed by atoms with E-state index in [1.54, 1.807) is 18.2 Å². The van der Waals surface area contributed by atoms with Gasteiger partial charge in [-0.25, -0.2) is 4.79 Å². The van der Waals surface area contributed by atoms with Gasteiger partial charge in [-0.15, -0.1) is 11.8 Å². The Balaban J connectivity index is 2.14. The van der Waals surface area contributed by atoms with Crippen LogP contribution in [-0.4, -0.2) is 21.2 Å². The minimum absolute atomic E-state index is 0.271. The number of rotatable bonds is 5. The van der Waals surface area contributed by atoms with E-state index in [2.05, 4.69) is 26.1 Å². The normalized spacial score (nSPS) is 10.6. The zero-order valence-corrected chi connectivity index (χ0v) is 12.5. The van der Waals surface area contributed by atoms with Crippen molar-refractivity contribution in [2.75, 3.05) is 0 Å². The molecule has 7 heteroatoms. The van der Waals surface area contributed by atoms with Crippen molar-refractivity contribution in [2.45, 2.75) is 24.0 Å². The molecule has 0 unspecified atom stereocenters. The molecule has 2 aromatic rings. The summed E-state index contributed by atoms with van der Waals surface area (Å²) in [5.74, 6) is 0.680. The predicted octanol–water partition coefficient (Wildman–Crippen LogP) is 3.39. The first-order valence-electron chi connectivity index (χ1n) is 5.57. The van der Waals surface area contributed by atoms with Gasteiger partial charge in [0.15, 0.2) is 5.82 Å². The lowest BCUT2D eigenvalue weighted by Gasteiger charge is -2.04. The summed E-state index contributed by atoms with van der Waals surface area (Å²) < 4.78 is 5.84. The summed E-state index contributed by atoms with van der Waals surface area (Å²) in [6, 6.07) is 5.05. The fraction of sp³-hybridized carbons (Fsp3) is 0.250. The molecule has 1 N–H and O–H groups in total. The summed E-state index contributed by atoms with van der Waals surface area (Å²) in [5.41, 5.74) is 0.271. The molecule has 0 fully saturated rings. The van der Waals surface area contributed by atoms with Crippen LogP contribution >= 0.6 is 27.7 Å². The Bertz CT molecular complexity index is 600. The second kappa shape index (κ2) is 6.21. The van der Waals surface area contributed by atoms with Gasteiger partial charge in [-0.1, -0.05) is 28.0 Å². The van der Waals surface area contributed by atoms with Crippen LogP contribution in [-0.2, 0) is 12.2 Å². The second-order valence-electron chi connectivity index (χ2n) is 3.69. The Morgan fingerprint density at radius 1 is 1.53 bits per heavy atom. The summed E-state index contributed by atoms with van der Waals surface area (Å²) in [5, 5.41) is 13.0. The Labute approximate surface area is 122 Å². The van der Waals surface area contributed by atoms with Crippen LogP contribution in [0.5, 0.6) is 0 Å². The fourth-order valence-corrected chi connectivity index (χ4v) is 2.86. The molecule has 0 saturated heterocycles. The molecular formula is C12H11BrN2O3S. The van der Waals surface area contributed by atoms with Crippen molar-refractivity contribution in [1.29, 1.82) is 0 Å². The molecule has 1 aromatic carbocycles. The van der Waals surface area contributed by atoms with Crippen LogP contribution in [0.15, 0.2) is 32.1 Å². The molecule has 2 rings (SSSR count). The average Bonchev–Trinajstić information content (AvgIpc) is 2.84. The van der Waals surface area contributed by atoms with Crippen LogP contribution in [0.4, 0.5) is 0 Å². The summed E-state index contributed by atoms with van der Waals surface area (Å²) in [6.45, 7) is 1.93. The van der Waals surface area contributed by atoms with Crippen molar-refractivity contribution >= 4 is 33.7 Å². The molecule has 0 spiro atoms. The number of nitrogens with zero attached hydrogens (tertiary/aromatic N) is 2. The van der Waals surface area contributed by atoms with Crippen LogP contribution in [0.25, 0.3) is 0 Å². The summed E-state index contributed by atoms with van der Waals surface area (Å²) in [4.78, 5) is 16.0. The molecule has 1 aromatic heterocycles. The van der Waals surface area contributed by atoms with Crippen LogP contribution in [0, 0.1) is 0 Å². The van der Waals surface area contributed by atoms with E-state index in [0.29, 0.717) is 28.8 Å². The van der Waals surface area contributed by atoms with Gasteiger partial charge in [0.2, 0.25) is 5.89 Å². The molecule has 0 amide bonds. The van der Waals surface area contributed by atoms with Crippen LogP contribution in [0.2, 0.25) is 0 Å². The number of aromatic carboxylic acids is 1. The average molecular weight is 343 g/mol. The van der Waals surface area contributed by atoms with Gasteiger partial charge in [0.25, 0.3) is 0 Å². The molecule has 5 nitrogen and oxygen atoms in total. The zero-order valence-electron chi connectivity index (χ0n) is 10.1. The summed E-state index contributed by atoms with van der Waals surface area (Å²) >= 11 is 4.70. The van der Waals surface area contributed by atoms with Crippen LogP contribution in [0.1, 0.15) is 29.0 Å². The highest BCUT2D eigenvalue weighted by Gasteiger charge is 2.12. The first-order valence-corrected chi connectivity index (χ1v) is 7.35. The van der Waals surface area contributed by atoms with Gasteiger partial charge in [0, 0.05) is 15.8 Å². The molecule has 0 aliphatic carbocycles. The smallest absolute Gasteiger partial charge is 0.336 e. The van der Waals surface area contributed by atoms with E-state index in [1.165, 1.54) is 11.8 Å². The van der Waals surface area contributed by atoms with E-state index in [-0.39, 0.29) is 5.56 Å². The number of hydrogen-bond acceptors (Lipinski definition) is 5. The minimum Gasteiger partial charge on any atom is -0.478 e. The van der Waals surface area contributed by atoms with E-state index in [1.807, 2.05) is 6.92 Å². The third-order valence-electron chi connectivity index (χ3n) is 2.34. The summed E-state index contributed by atoms with van der Waals surface area (Å²) in [7, 11) is 0. The van der Waals surface area contributed by atoms with E-state index in [9.17, 15) is 4.79 Å². The monoisotopic (exact) mass is 342 g/mol. The Morgan fingerprint density at radius 2 is 2.32 bits per heavy atom. The number of thioether (sulfide) groups is 1. The van der Waals surface area contributed by atoms with Crippen LogP contribution < -0.4 is 0 Å². The number of carbonyl (C=O) groups is 1.